The first kappa shape index (κ1) is 19.4. The standard InChI is InChI=1S/C21H27N3O3S/c1-15-5-6-18(26-15)13-24-9-8-23(12-17(24)7-10-25)14-19-16(2)27-21(22-19)20-4-3-11-28-20/h3-6,11,17,25H,7-10,12-14H2,1-2H3/t17-/m0/s1. The molecule has 28 heavy (non-hydrogen) atoms. The highest BCUT2D eigenvalue weighted by molar-refractivity contribution is 7.13. The molecule has 0 saturated carbocycles. The number of hydrogen-bond donors (Lipinski definition) is 1. The van der Waals surface area contributed by atoms with Crippen LogP contribution in [0, 0.1) is 13.8 Å². The molecule has 1 N–H and O–H groups in total. The van der Waals surface area contributed by atoms with Gasteiger partial charge in [0.1, 0.15) is 17.3 Å². The molecule has 4 rings (SSSR count). The van der Waals surface area contributed by atoms with Crippen LogP contribution in [0.3, 0.4) is 0 Å². The van der Waals surface area contributed by atoms with Crippen LogP contribution in [0.1, 0.15) is 29.4 Å². The summed E-state index contributed by atoms with van der Waals surface area (Å²) < 4.78 is 11.6. The van der Waals surface area contributed by atoms with Crippen LogP contribution in [-0.2, 0) is 13.1 Å². The molecule has 1 atom stereocenters. The van der Waals surface area contributed by atoms with Crippen molar-refractivity contribution in [3.05, 3.63) is 52.6 Å². The zero-order valence-corrected chi connectivity index (χ0v) is 17.2. The van der Waals surface area contributed by atoms with Crippen LogP contribution in [-0.4, -0.2) is 52.2 Å². The molecular formula is C21H27N3O3S. The van der Waals surface area contributed by atoms with Crippen molar-refractivity contribution in [1.82, 2.24) is 14.8 Å². The van der Waals surface area contributed by atoms with Gasteiger partial charge in [-0.25, -0.2) is 4.98 Å². The molecule has 1 aliphatic rings. The number of piperazine rings is 1. The minimum atomic E-state index is 0.192. The van der Waals surface area contributed by atoms with Crippen LogP contribution in [0.4, 0.5) is 0 Å². The highest BCUT2D eigenvalue weighted by Gasteiger charge is 2.28. The highest BCUT2D eigenvalue weighted by atomic mass is 32.1. The van der Waals surface area contributed by atoms with Crippen molar-refractivity contribution in [3.8, 4) is 10.8 Å². The molecule has 0 aliphatic carbocycles. The summed E-state index contributed by atoms with van der Waals surface area (Å²) in [6, 6.07) is 8.39. The maximum absolute atomic E-state index is 9.54. The smallest absolute Gasteiger partial charge is 0.236 e. The largest absolute Gasteiger partial charge is 0.465 e. The number of furan rings is 1. The Kier molecular flexibility index (Phi) is 5.96. The lowest BCUT2D eigenvalue weighted by molar-refractivity contribution is 0.0447. The first-order chi connectivity index (χ1) is 13.6. The monoisotopic (exact) mass is 401 g/mol. The summed E-state index contributed by atoms with van der Waals surface area (Å²) in [6.07, 6.45) is 0.758. The summed E-state index contributed by atoms with van der Waals surface area (Å²) in [5.41, 5.74) is 1.00. The van der Waals surface area contributed by atoms with Gasteiger partial charge in [0.2, 0.25) is 5.89 Å². The third-order valence-electron chi connectivity index (χ3n) is 5.30. The first-order valence-electron chi connectivity index (χ1n) is 9.75. The number of aliphatic hydroxyl groups excluding tert-OH is 1. The van der Waals surface area contributed by atoms with E-state index in [1.807, 2.05) is 43.5 Å². The molecule has 0 spiro atoms. The Labute approximate surface area is 169 Å². The zero-order chi connectivity index (χ0) is 19.5. The lowest BCUT2D eigenvalue weighted by Gasteiger charge is -2.40. The van der Waals surface area contributed by atoms with Crippen molar-refractivity contribution in [2.24, 2.45) is 0 Å². The van der Waals surface area contributed by atoms with Gasteiger partial charge >= 0.3 is 0 Å². The number of aliphatic hydroxyl groups is 1. The molecule has 3 aromatic rings. The summed E-state index contributed by atoms with van der Waals surface area (Å²) in [6.45, 7) is 8.52. The van der Waals surface area contributed by atoms with E-state index in [0.29, 0.717) is 11.9 Å². The Hall–Kier alpha value is -1.93. The van der Waals surface area contributed by atoms with Crippen LogP contribution >= 0.6 is 11.3 Å². The average Bonchev–Trinajstić information content (AvgIpc) is 3.40. The number of rotatable bonds is 7. The Morgan fingerprint density at radius 1 is 1.18 bits per heavy atom. The maximum Gasteiger partial charge on any atom is 0.236 e. The van der Waals surface area contributed by atoms with Gasteiger partial charge in [0.15, 0.2) is 0 Å². The predicted molar refractivity (Wildman–Crippen MR) is 109 cm³/mol. The predicted octanol–water partition coefficient (Wildman–Crippen LogP) is 3.68. The molecule has 1 fully saturated rings. The van der Waals surface area contributed by atoms with E-state index in [0.717, 1.165) is 67.0 Å². The number of oxazole rings is 1. The van der Waals surface area contributed by atoms with E-state index in [-0.39, 0.29) is 6.61 Å². The number of thiophene rings is 1. The van der Waals surface area contributed by atoms with Crippen molar-refractivity contribution >= 4 is 11.3 Å². The molecule has 0 unspecified atom stereocenters. The third kappa shape index (κ3) is 4.38. The van der Waals surface area contributed by atoms with Crippen molar-refractivity contribution in [2.75, 3.05) is 26.2 Å². The normalized spacial score (nSPS) is 18.8. The highest BCUT2D eigenvalue weighted by Crippen LogP contribution is 2.27. The van der Waals surface area contributed by atoms with Crippen molar-refractivity contribution in [3.63, 3.8) is 0 Å². The van der Waals surface area contributed by atoms with Crippen LogP contribution in [0.2, 0.25) is 0 Å². The lowest BCUT2D eigenvalue weighted by Crippen LogP contribution is -2.52. The van der Waals surface area contributed by atoms with Gasteiger partial charge < -0.3 is 13.9 Å². The van der Waals surface area contributed by atoms with Gasteiger partial charge in [-0.1, -0.05) is 6.07 Å². The topological polar surface area (TPSA) is 65.9 Å². The van der Waals surface area contributed by atoms with E-state index in [4.69, 9.17) is 13.8 Å². The van der Waals surface area contributed by atoms with Crippen LogP contribution < -0.4 is 0 Å². The van der Waals surface area contributed by atoms with E-state index < -0.39 is 0 Å². The number of aryl methyl sites for hydroxylation is 2. The Morgan fingerprint density at radius 2 is 2.07 bits per heavy atom. The van der Waals surface area contributed by atoms with Gasteiger partial charge in [0.25, 0.3) is 0 Å². The van der Waals surface area contributed by atoms with Crippen LogP contribution in [0.25, 0.3) is 10.8 Å². The number of nitrogens with zero attached hydrogens (tertiary/aromatic N) is 3. The number of hydrogen-bond acceptors (Lipinski definition) is 7. The number of aromatic nitrogens is 1. The molecule has 0 radical (unpaired) electrons. The summed E-state index contributed by atoms with van der Waals surface area (Å²) >= 11 is 1.64. The van der Waals surface area contributed by atoms with E-state index in [1.54, 1.807) is 11.3 Å². The molecule has 0 amide bonds. The molecule has 0 aromatic carbocycles. The van der Waals surface area contributed by atoms with E-state index in [2.05, 4.69) is 9.80 Å². The second-order valence-electron chi connectivity index (χ2n) is 7.38. The van der Waals surface area contributed by atoms with Gasteiger partial charge in [-0.2, -0.15) is 0 Å². The maximum atomic E-state index is 9.54. The Bertz CT molecular complexity index is 887. The summed E-state index contributed by atoms with van der Waals surface area (Å²) in [7, 11) is 0. The quantitative estimate of drug-likeness (QED) is 0.651. The Balaban J connectivity index is 1.41. The van der Waals surface area contributed by atoms with Crippen LogP contribution in [0.5, 0.6) is 0 Å². The molecule has 150 valence electrons. The molecule has 7 heteroatoms. The van der Waals surface area contributed by atoms with E-state index in [9.17, 15) is 5.11 Å². The molecule has 6 nitrogen and oxygen atoms in total. The molecule has 1 aliphatic heterocycles. The SMILES string of the molecule is Cc1ccc(CN2CCN(Cc3nc(-c4cccs4)oc3C)C[C@@H]2CCO)o1. The second-order valence-corrected chi connectivity index (χ2v) is 8.33. The van der Waals surface area contributed by atoms with Crippen molar-refractivity contribution < 1.29 is 13.9 Å². The van der Waals surface area contributed by atoms with Gasteiger partial charge in [0.05, 0.1) is 17.1 Å². The van der Waals surface area contributed by atoms with Crippen molar-refractivity contribution in [2.45, 2.75) is 39.4 Å². The lowest BCUT2D eigenvalue weighted by atomic mass is 10.1. The summed E-state index contributed by atoms with van der Waals surface area (Å²) in [4.78, 5) is 10.6. The zero-order valence-electron chi connectivity index (χ0n) is 16.4. The van der Waals surface area contributed by atoms with Gasteiger partial charge in [0, 0.05) is 38.8 Å². The fourth-order valence-corrected chi connectivity index (χ4v) is 4.44. The van der Waals surface area contributed by atoms with Crippen LogP contribution in [0.15, 0.2) is 38.5 Å². The molecular weight excluding hydrogens is 374 g/mol. The minimum absolute atomic E-state index is 0.192. The molecule has 3 aromatic heterocycles. The molecule has 0 bridgehead atoms. The summed E-state index contributed by atoms with van der Waals surface area (Å²) in [5.74, 6) is 3.52. The summed E-state index contributed by atoms with van der Waals surface area (Å²) in [5, 5.41) is 11.6. The Morgan fingerprint density at radius 3 is 2.79 bits per heavy atom. The van der Waals surface area contributed by atoms with Gasteiger partial charge in [-0.3, -0.25) is 9.80 Å². The molecule has 1 saturated heterocycles. The second kappa shape index (κ2) is 8.61. The fraction of sp³-hybridized carbons (Fsp3) is 0.476. The first-order valence-corrected chi connectivity index (χ1v) is 10.6. The molecule has 4 heterocycles. The third-order valence-corrected chi connectivity index (χ3v) is 6.16. The van der Waals surface area contributed by atoms with E-state index >= 15 is 0 Å². The van der Waals surface area contributed by atoms with Crippen molar-refractivity contribution in [1.29, 1.82) is 0 Å². The minimum Gasteiger partial charge on any atom is -0.465 e. The van der Waals surface area contributed by atoms with Gasteiger partial charge in [-0.15, -0.1) is 11.3 Å². The average molecular weight is 402 g/mol. The van der Waals surface area contributed by atoms with E-state index in [1.165, 1.54) is 0 Å². The van der Waals surface area contributed by atoms with Gasteiger partial charge in [-0.05, 0) is 43.8 Å². The fourth-order valence-electron chi connectivity index (χ4n) is 3.79.